The minimum atomic E-state index is -0.0903. The molecule has 1 N–H and O–H groups in total. The number of hydrogen-bond acceptors (Lipinski definition) is 1. The van der Waals surface area contributed by atoms with Gasteiger partial charge in [-0.15, -0.1) is 6.42 Å². The predicted molar refractivity (Wildman–Crippen MR) is 54.3 cm³/mol. The summed E-state index contributed by atoms with van der Waals surface area (Å²) in [6.45, 7) is 0.542. The van der Waals surface area contributed by atoms with E-state index in [2.05, 4.69) is 11.2 Å². The van der Waals surface area contributed by atoms with Crippen LogP contribution in [0, 0.1) is 18.2 Å². The van der Waals surface area contributed by atoms with Gasteiger partial charge in [0.1, 0.15) is 5.82 Å². The number of rotatable bonds is 2. The molecule has 1 aromatic carbocycles. The van der Waals surface area contributed by atoms with Gasteiger partial charge in [0.2, 0.25) is 0 Å². The number of benzene rings is 1. The molecule has 2 heteroatoms. The Bertz CT molecular complexity index is 378. The maximum Gasteiger partial charge on any atom is 0.126 e. The molecule has 1 aliphatic carbocycles. The molecule has 0 aromatic heterocycles. The minimum absolute atomic E-state index is 0.0903. The second-order valence-electron chi connectivity index (χ2n) is 3.48. The molecule has 0 saturated heterocycles. The van der Waals surface area contributed by atoms with Gasteiger partial charge in [-0.05, 0) is 30.0 Å². The van der Waals surface area contributed by atoms with E-state index in [4.69, 9.17) is 6.42 Å². The molecule has 72 valence electrons. The standard InChI is InChI=1S/C12H12FN/c1-2-8-14-12-7-6-9-10(12)4-3-5-11(9)13/h1,3-5,12,14H,6-8H2. The smallest absolute Gasteiger partial charge is 0.126 e. The van der Waals surface area contributed by atoms with E-state index in [0.717, 1.165) is 24.0 Å². The van der Waals surface area contributed by atoms with Gasteiger partial charge in [0.05, 0.1) is 6.54 Å². The van der Waals surface area contributed by atoms with Crippen molar-refractivity contribution >= 4 is 0 Å². The molecule has 0 heterocycles. The normalized spacial score (nSPS) is 19.0. The first-order valence-electron chi connectivity index (χ1n) is 4.77. The van der Waals surface area contributed by atoms with Crippen LogP contribution in [-0.4, -0.2) is 6.54 Å². The lowest BCUT2D eigenvalue weighted by Crippen LogP contribution is -2.19. The zero-order valence-corrected chi connectivity index (χ0v) is 7.89. The van der Waals surface area contributed by atoms with Crippen LogP contribution in [0.1, 0.15) is 23.6 Å². The molecule has 0 fully saturated rings. The summed E-state index contributed by atoms with van der Waals surface area (Å²) >= 11 is 0. The number of halogens is 1. The summed E-state index contributed by atoms with van der Waals surface area (Å²) in [5.74, 6) is 2.44. The Morgan fingerprint density at radius 2 is 2.43 bits per heavy atom. The van der Waals surface area contributed by atoms with E-state index in [1.807, 2.05) is 6.07 Å². The minimum Gasteiger partial charge on any atom is -0.299 e. The molecule has 0 radical (unpaired) electrons. The maximum absolute atomic E-state index is 13.3. The zero-order valence-electron chi connectivity index (χ0n) is 7.89. The van der Waals surface area contributed by atoms with E-state index < -0.39 is 0 Å². The van der Waals surface area contributed by atoms with E-state index >= 15 is 0 Å². The van der Waals surface area contributed by atoms with Gasteiger partial charge in [-0.3, -0.25) is 5.32 Å². The van der Waals surface area contributed by atoms with Crippen molar-refractivity contribution in [3.8, 4) is 12.3 Å². The lowest BCUT2D eigenvalue weighted by atomic mass is 10.1. The third-order valence-corrected chi connectivity index (χ3v) is 2.66. The zero-order chi connectivity index (χ0) is 9.97. The van der Waals surface area contributed by atoms with E-state index in [1.54, 1.807) is 6.07 Å². The summed E-state index contributed by atoms with van der Waals surface area (Å²) in [5.41, 5.74) is 1.92. The Morgan fingerprint density at radius 1 is 1.57 bits per heavy atom. The first-order chi connectivity index (χ1) is 6.83. The predicted octanol–water partition coefficient (Wildman–Crippen LogP) is 2.04. The van der Waals surface area contributed by atoms with Gasteiger partial charge in [-0.2, -0.15) is 0 Å². The molecule has 0 spiro atoms. The van der Waals surface area contributed by atoms with Crippen LogP contribution < -0.4 is 5.32 Å². The van der Waals surface area contributed by atoms with Crippen molar-refractivity contribution in [2.45, 2.75) is 18.9 Å². The van der Waals surface area contributed by atoms with E-state index in [-0.39, 0.29) is 11.9 Å². The molecule has 0 saturated carbocycles. The highest BCUT2D eigenvalue weighted by Gasteiger charge is 2.23. The molecule has 1 atom stereocenters. The second-order valence-corrected chi connectivity index (χ2v) is 3.48. The molecule has 0 aliphatic heterocycles. The lowest BCUT2D eigenvalue weighted by Gasteiger charge is -2.11. The molecule has 14 heavy (non-hydrogen) atoms. The monoisotopic (exact) mass is 189 g/mol. The molecule has 0 amide bonds. The van der Waals surface area contributed by atoms with Crippen LogP contribution >= 0.6 is 0 Å². The average Bonchev–Trinajstić information content (AvgIpc) is 2.60. The van der Waals surface area contributed by atoms with Crippen molar-refractivity contribution in [2.24, 2.45) is 0 Å². The number of terminal acetylenes is 1. The summed E-state index contributed by atoms with van der Waals surface area (Å²) in [6.07, 6.45) is 6.92. The fraction of sp³-hybridized carbons (Fsp3) is 0.333. The Hall–Kier alpha value is -1.33. The lowest BCUT2D eigenvalue weighted by molar-refractivity contribution is 0.568. The summed E-state index contributed by atoms with van der Waals surface area (Å²) in [7, 11) is 0. The summed E-state index contributed by atoms with van der Waals surface area (Å²) in [5, 5.41) is 3.21. The van der Waals surface area contributed by atoms with Gasteiger partial charge in [0.15, 0.2) is 0 Å². The molecule has 1 aromatic rings. The first-order valence-corrected chi connectivity index (χ1v) is 4.77. The Labute approximate surface area is 83.3 Å². The molecule has 1 unspecified atom stereocenters. The highest BCUT2D eigenvalue weighted by molar-refractivity contribution is 5.35. The highest BCUT2D eigenvalue weighted by Crippen LogP contribution is 2.32. The molecule has 0 bridgehead atoms. The van der Waals surface area contributed by atoms with Crippen molar-refractivity contribution in [1.29, 1.82) is 0 Å². The number of nitrogens with one attached hydrogen (secondary N) is 1. The fourth-order valence-electron chi connectivity index (χ4n) is 2.00. The van der Waals surface area contributed by atoms with Crippen LogP contribution in [0.4, 0.5) is 4.39 Å². The largest absolute Gasteiger partial charge is 0.299 e. The van der Waals surface area contributed by atoms with Crippen LogP contribution in [0.2, 0.25) is 0 Å². The van der Waals surface area contributed by atoms with Gasteiger partial charge >= 0.3 is 0 Å². The topological polar surface area (TPSA) is 12.0 Å². The molecule has 1 aliphatic rings. The van der Waals surface area contributed by atoms with Crippen LogP contribution in [0.5, 0.6) is 0 Å². The van der Waals surface area contributed by atoms with Gasteiger partial charge in [0.25, 0.3) is 0 Å². The van der Waals surface area contributed by atoms with Crippen LogP contribution in [0.25, 0.3) is 0 Å². The third kappa shape index (κ3) is 1.51. The van der Waals surface area contributed by atoms with E-state index in [0.29, 0.717) is 6.54 Å². The first kappa shape index (κ1) is 9.23. The second kappa shape index (κ2) is 3.81. The Kier molecular flexibility index (Phi) is 2.51. The highest BCUT2D eigenvalue weighted by atomic mass is 19.1. The maximum atomic E-state index is 13.3. The Morgan fingerprint density at radius 3 is 3.21 bits per heavy atom. The summed E-state index contributed by atoms with van der Waals surface area (Å²) in [6, 6.07) is 5.48. The summed E-state index contributed by atoms with van der Waals surface area (Å²) in [4.78, 5) is 0. The van der Waals surface area contributed by atoms with Crippen molar-refractivity contribution in [3.05, 3.63) is 35.1 Å². The SMILES string of the molecule is C#CCNC1CCc2c(F)cccc21. The third-order valence-electron chi connectivity index (χ3n) is 2.66. The quantitative estimate of drug-likeness (QED) is 0.702. The van der Waals surface area contributed by atoms with Gasteiger partial charge in [-0.1, -0.05) is 18.1 Å². The van der Waals surface area contributed by atoms with Crippen molar-refractivity contribution < 1.29 is 4.39 Å². The van der Waals surface area contributed by atoms with Gasteiger partial charge < -0.3 is 0 Å². The van der Waals surface area contributed by atoms with Crippen molar-refractivity contribution in [3.63, 3.8) is 0 Å². The molecular weight excluding hydrogens is 177 g/mol. The summed E-state index contributed by atoms with van der Waals surface area (Å²) < 4.78 is 13.3. The van der Waals surface area contributed by atoms with E-state index in [1.165, 1.54) is 6.07 Å². The van der Waals surface area contributed by atoms with Crippen molar-refractivity contribution in [1.82, 2.24) is 5.32 Å². The molecule has 1 nitrogen and oxygen atoms in total. The Balaban J connectivity index is 2.23. The van der Waals surface area contributed by atoms with Crippen LogP contribution in [0.15, 0.2) is 18.2 Å². The van der Waals surface area contributed by atoms with Crippen LogP contribution in [0.3, 0.4) is 0 Å². The van der Waals surface area contributed by atoms with Crippen LogP contribution in [-0.2, 0) is 6.42 Å². The van der Waals surface area contributed by atoms with E-state index in [9.17, 15) is 4.39 Å². The van der Waals surface area contributed by atoms with Gasteiger partial charge in [-0.25, -0.2) is 4.39 Å². The average molecular weight is 189 g/mol. The fourth-order valence-corrected chi connectivity index (χ4v) is 2.00. The number of hydrogen-bond donors (Lipinski definition) is 1. The van der Waals surface area contributed by atoms with Crippen molar-refractivity contribution in [2.75, 3.05) is 6.54 Å². The molecule has 2 rings (SSSR count). The number of fused-ring (bicyclic) bond motifs is 1. The molecular formula is C12H12FN. The van der Waals surface area contributed by atoms with Gasteiger partial charge in [0, 0.05) is 6.04 Å².